The van der Waals surface area contributed by atoms with E-state index in [1.807, 2.05) is 0 Å². The molecule has 21 heteroatoms. The molecule has 2 aliphatic heterocycles. The van der Waals surface area contributed by atoms with Gasteiger partial charge in [-0.1, -0.05) is 5.16 Å². The van der Waals surface area contributed by atoms with Gasteiger partial charge in [-0.2, -0.15) is 9.36 Å². The van der Waals surface area contributed by atoms with Crippen LogP contribution in [-0.2, 0) is 42.4 Å². The molecular weight excluding hydrogens is 610 g/mol. The van der Waals surface area contributed by atoms with Crippen LogP contribution in [0.5, 0.6) is 0 Å². The van der Waals surface area contributed by atoms with E-state index in [0.717, 1.165) is 16.4 Å². The van der Waals surface area contributed by atoms with Crippen molar-refractivity contribution in [3.8, 4) is 0 Å². The second kappa shape index (κ2) is 11.9. The van der Waals surface area contributed by atoms with Crippen molar-refractivity contribution < 1.29 is 43.7 Å². The van der Waals surface area contributed by atoms with Crippen LogP contribution in [0.2, 0.25) is 0 Å². The summed E-state index contributed by atoms with van der Waals surface area (Å²) < 4.78 is 6.98. The maximum Gasteiger partial charge on any atom is 0.352 e. The number of fused-ring (bicyclic) bond motifs is 1. The number of aromatic nitrogens is 4. The molecule has 4 rings (SSSR count). The van der Waals surface area contributed by atoms with Gasteiger partial charge in [0.2, 0.25) is 29.2 Å². The Balaban J connectivity index is 1.56. The normalized spacial score (nSPS) is 18.6. The van der Waals surface area contributed by atoms with Crippen molar-refractivity contribution >= 4 is 75.3 Å². The standard InChI is InChI=1S/C22H27N11O8S2/c1-22(2,20(39)40)41-29-11(15-28-21(25)43-30-15)16(35)27-12-17(36)33-13(19(37)38)8(7-42-18(12)33)5-32-6-9(14(24)31(32)3)26-10(34)4-23/h6,12,18,24H,4-5,7,23H2,1-3H3,(H6,25,26,27,28,30,34,35,37,38,39,40)/p+1/b29-11-/t12-,18-/m1/s1. The maximum atomic E-state index is 13.2. The van der Waals surface area contributed by atoms with Crippen LogP contribution in [0.15, 0.2) is 22.6 Å². The fourth-order valence-electron chi connectivity index (χ4n) is 3.99. The minimum Gasteiger partial charge on any atom is -0.478 e. The minimum absolute atomic E-state index is 0.00257. The van der Waals surface area contributed by atoms with E-state index in [0.29, 0.717) is 5.57 Å². The molecule has 0 aliphatic carbocycles. The van der Waals surface area contributed by atoms with Crippen molar-refractivity contribution in [2.24, 2.45) is 17.9 Å². The van der Waals surface area contributed by atoms with Crippen molar-refractivity contribution in [1.82, 2.24) is 24.3 Å². The number of anilines is 3. The van der Waals surface area contributed by atoms with Gasteiger partial charge in [0.15, 0.2) is 23.2 Å². The van der Waals surface area contributed by atoms with Gasteiger partial charge in [0, 0.05) is 22.9 Å². The van der Waals surface area contributed by atoms with Crippen LogP contribution in [0.4, 0.5) is 16.6 Å². The summed E-state index contributed by atoms with van der Waals surface area (Å²) in [5, 5.41) is 27.3. The van der Waals surface area contributed by atoms with Crippen LogP contribution in [0, 0.1) is 0 Å². The number of aliphatic carboxylic acids is 2. The van der Waals surface area contributed by atoms with Crippen LogP contribution < -0.4 is 32.5 Å². The Labute approximate surface area is 250 Å². The molecule has 3 amide bonds. The third kappa shape index (κ3) is 6.08. The molecule has 230 valence electrons. The van der Waals surface area contributed by atoms with Gasteiger partial charge >= 0.3 is 11.9 Å². The lowest BCUT2D eigenvalue weighted by Gasteiger charge is -2.49. The zero-order valence-corrected chi connectivity index (χ0v) is 24.6. The zero-order chi connectivity index (χ0) is 31.8. The maximum absolute atomic E-state index is 13.2. The first kappa shape index (κ1) is 31.2. The van der Waals surface area contributed by atoms with Crippen LogP contribution >= 0.6 is 23.3 Å². The predicted octanol–water partition coefficient (Wildman–Crippen LogP) is -2.75. The van der Waals surface area contributed by atoms with Gasteiger partial charge in [-0.05, 0) is 13.8 Å². The largest absolute Gasteiger partial charge is 0.478 e. The highest BCUT2D eigenvalue weighted by Gasteiger charge is 2.55. The van der Waals surface area contributed by atoms with E-state index in [4.69, 9.17) is 22.0 Å². The van der Waals surface area contributed by atoms with Crippen LogP contribution in [0.3, 0.4) is 0 Å². The third-order valence-corrected chi connectivity index (χ3v) is 8.27. The highest BCUT2D eigenvalue weighted by molar-refractivity contribution is 8.00. The number of rotatable bonds is 11. The Bertz CT molecular complexity index is 1580. The number of β-lactam (4-membered cyclic amide) rings is 1. The average molecular weight is 639 g/mol. The molecule has 4 heterocycles. The molecule has 2 aromatic heterocycles. The molecule has 0 saturated carbocycles. The number of carboxylic acid groups (broad SMARTS) is 2. The summed E-state index contributed by atoms with van der Waals surface area (Å²) in [6, 6.07) is -1.15. The molecule has 2 aliphatic rings. The van der Waals surface area contributed by atoms with E-state index >= 15 is 0 Å². The minimum atomic E-state index is -1.81. The number of nitrogen functional groups attached to an aromatic ring is 2. The van der Waals surface area contributed by atoms with E-state index in [1.54, 1.807) is 11.7 Å². The first-order chi connectivity index (χ1) is 20.2. The summed E-state index contributed by atoms with van der Waals surface area (Å²) in [7, 11) is 1.61. The molecule has 0 spiro atoms. The van der Waals surface area contributed by atoms with Crippen molar-refractivity contribution in [2.45, 2.75) is 37.4 Å². The third-order valence-electron chi connectivity index (χ3n) is 6.39. The van der Waals surface area contributed by atoms with Gasteiger partial charge < -0.3 is 42.9 Å². The molecule has 19 nitrogen and oxygen atoms in total. The molecule has 1 fully saturated rings. The molecule has 2 aromatic rings. The second-order valence-electron chi connectivity index (χ2n) is 9.72. The number of nitrogens with two attached hydrogens (primary N) is 3. The summed E-state index contributed by atoms with van der Waals surface area (Å²) in [6.45, 7) is 2.18. The number of hydrogen-bond donors (Lipinski definition) is 7. The SMILES string of the molecule is Cn1c(N)c(NC(=O)CN)c[n+]1CC1=C(C(=O)O)N2C(=O)[C@@H](NC(=O)/C(=N\OC(C)(C)C(=O)O)c3nsc(N)n3)[C@H]2SC1. The number of hydrogen-bond acceptors (Lipinski definition) is 14. The average Bonchev–Trinajstić information content (AvgIpc) is 3.49. The Morgan fingerprint density at radius 2 is 1.98 bits per heavy atom. The fraction of sp³-hybridized carbons (Fsp3) is 0.409. The first-order valence-electron chi connectivity index (χ1n) is 12.3. The van der Waals surface area contributed by atoms with E-state index < -0.39 is 52.4 Å². The summed E-state index contributed by atoms with van der Waals surface area (Å²) in [4.78, 5) is 71.9. The highest BCUT2D eigenvalue weighted by Crippen LogP contribution is 2.40. The number of carboxylic acids is 2. The predicted molar refractivity (Wildman–Crippen MR) is 151 cm³/mol. The van der Waals surface area contributed by atoms with E-state index in [9.17, 15) is 34.2 Å². The molecule has 1 saturated heterocycles. The van der Waals surface area contributed by atoms with Crippen molar-refractivity contribution in [2.75, 3.05) is 29.1 Å². The number of amides is 3. The fourth-order valence-corrected chi connectivity index (χ4v) is 5.76. The number of carbonyl (C=O) groups is 5. The van der Waals surface area contributed by atoms with Gasteiger partial charge in [-0.3, -0.25) is 19.3 Å². The number of nitrogens with one attached hydrogen (secondary N) is 2. The Morgan fingerprint density at radius 3 is 2.56 bits per heavy atom. The molecule has 2 atom stereocenters. The first-order valence-corrected chi connectivity index (χ1v) is 14.1. The molecule has 0 radical (unpaired) electrons. The quantitative estimate of drug-likeness (QED) is 0.0568. The van der Waals surface area contributed by atoms with E-state index in [-0.39, 0.29) is 47.0 Å². The molecule has 0 aromatic carbocycles. The van der Waals surface area contributed by atoms with Crippen LogP contribution in [0.25, 0.3) is 0 Å². The molecule has 0 bridgehead atoms. The summed E-state index contributed by atoms with van der Waals surface area (Å²) in [5.74, 6) is -4.73. The monoisotopic (exact) mass is 638 g/mol. The van der Waals surface area contributed by atoms with Crippen LogP contribution in [-0.4, -0.2) is 93.8 Å². The van der Waals surface area contributed by atoms with E-state index in [1.165, 1.54) is 36.5 Å². The lowest BCUT2D eigenvalue weighted by molar-refractivity contribution is -0.765. The molecule has 10 N–H and O–H groups in total. The molecular formula is C22H28N11O8S2+. The Hall–Kier alpha value is -4.76. The second-order valence-corrected chi connectivity index (χ2v) is 11.6. The van der Waals surface area contributed by atoms with Gasteiger partial charge in [0.05, 0.1) is 13.6 Å². The van der Waals surface area contributed by atoms with Gasteiger partial charge in [-0.15, -0.1) is 21.1 Å². The Kier molecular flexibility index (Phi) is 8.59. The van der Waals surface area contributed by atoms with E-state index in [2.05, 4.69) is 25.1 Å². The number of thioether (sulfide) groups is 1. The van der Waals surface area contributed by atoms with Crippen LogP contribution in [0.1, 0.15) is 19.7 Å². The summed E-state index contributed by atoms with van der Waals surface area (Å²) in [6.07, 6.45) is 1.51. The van der Waals surface area contributed by atoms with Gasteiger partial charge in [-0.25, -0.2) is 9.59 Å². The Morgan fingerprint density at radius 1 is 1.28 bits per heavy atom. The lowest BCUT2D eigenvalue weighted by atomic mass is 10.0. The molecule has 0 unspecified atom stereocenters. The smallest absolute Gasteiger partial charge is 0.352 e. The van der Waals surface area contributed by atoms with Crippen molar-refractivity contribution in [3.05, 3.63) is 23.3 Å². The summed E-state index contributed by atoms with van der Waals surface area (Å²) >= 11 is 1.96. The number of nitrogens with zero attached hydrogens (tertiary/aromatic N) is 6. The van der Waals surface area contributed by atoms with Crippen molar-refractivity contribution in [3.63, 3.8) is 0 Å². The highest BCUT2D eigenvalue weighted by atomic mass is 32.2. The van der Waals surface area contributed by atoms with Gasteiger partial charge in [0.1, 0.15) is 17.1 Å². The molecule has 43 heavy (non-hydrogen) atoms. The van der Waals surface area contributed by atoms with Crippen molar-refractivity contribution in [1.29, 1.82) is 0 Å². The lowest BCUT2D eigenvalue weighted by Crippen LogP contribution is -2.71. The number of carbonyl (C=O) groups excluding carboxylic acids is 3. The zero-order valence-electron chi connectivity index (χ0n) is 22.9. The number of oxime groups is 1. The summed E-state index contributed by atoms with van der Waals surface area (Å²) in [5.41, 5.74) is 15.1. The van der Waals surface area contributed by atoms with Gasteiger partial charge in [0.25, 0.3) is 11.8 Å². The topological polar surface area (TPSA) is 287 Å².